The van der Waals surface area contributed by atoms with E-state index in [1.807, 2.05) is 52.8 Å². The molecule has 220 valence electrons. The lowest BCUT2D eigenvalue weighted by Gasteiger charge is -2.31. The molecule has 3 aromatic rings. The monoisotopic (exact) mass is 580 g/mol. The van der Waals surface area contributed by atoms with Crippen molar-refractivity contribution in [2.45, 2.75) is 71.4 Å². The average molecular weight is 581 g/mol. The highest BCUT2D eigenvalue weighted by Gasteiger charge is 2.27. The summed E-state index contributed by atoms with van der Waals surface area (Å²) in [6.45, 7) is 14.0. The van der Waals surface area contributed by atoms with E-state index in [0.717, 1.165) is 16.7 Å². The zero-order valence-corrected chi connectivity index (χ0v) is 25.8. The van der Waals surface area contributed by atoms with E-state index in [2.05, 4.69) is 23.6 Å². The standard InChI is InChI=1S/C31H40N4O5S/c1-19(2)15-23(35(8)30(38)40-31(5,6)7)18-39-26-17-25(27-20(3)11-9-12-21(27)4)32-29(33-26)34-41-24-14-10-13-22(16-24)28(36)37/h9-14,16-17,19,23H,15,18H2,1-8H3,(H,36,37)(H,32,33,34)/t23-/m1/s1. The highest BCUT2D eigenvalue weighted by atomic mass is 32.2. The second-order valence-electron chi connectivity index (χ2n) is 11.4. The number of aromatic carboxylic acids is 1. The fourth-order valence-electron chi connectivity index (χ4n) is 4.23. The van der Waals surface area contributed by atoms with Crippen molar-refractivity contribution in [2.75, 3.05) is 18.4 Å². The minimum absolute atomic E-state index is 0.191. The second kappa shape index (κ2) is 13.7. The lowest BCUT2D eigenvalue weighted by Crippen LogP contribution is -2.44. The summed E-state index contributed by atoms with van der Waals surface area (Å²) >= 11 is 1.21. The topological polar surface area (TPSA) is 114 Å². The van der Waals surface area contributed by atoms with Crippen LogP contribution in [0.4, 0.5) is 10.7 Å². The highest BCUT2D eigenvalue weighted by Crippen LogP contribution is 2.30. The number of hydrogen-bond acceptors (Lipinski definition) is 8. The van der Waals surface area contributed by atoms with Gasteiger partial charge >= 0.3 is 12.1 Å². The number of carbonyl (C=O) groups is 2. The number of hydrogen-bond donors (Lipinski definition) is 2. The van der Waals surface area contributed by atoms with Crippen molar-refractivity contribution >= 4 is 30.0 Å². The first kappa shape index (κ1) is 31.7. The van der Waals surface area contributed by atoms with Crippen molar-refractivity contribution in [2.24, 2.45) is 5.92 Å². The molecule has 1 aromatic heterocycles. The number of aryl methyl sites for hydroxylation is 2. The van der Waals surface area contributed by atoms with Crippen molar-refractivity contribution in [3.8, 4) is 17.1 Å². The number of likely N-dealkylation sites (N-methyl/N-ethyl adjacent to an activating group) is 1. The van der Waals surface area contributed by atoms with Gasteiger partial charge in [0.1, 0.15) is 12.2 Å². The summed E-state index contributed by atoms with van der Waals surface area (Å²) in [5.74, 6) is -0.0128. The van der Waals surface area contributed by atoms with Crippen LogP contribution in [0.3, 0.4) is 0 Å². The van der Waals surface area contributed by atoms with Gasteiger partial charge in [-0.2, -0.15) is 4.98 Å². The fourth-order valence-corrected chi connectivity index (χ4v) is 4.87. The number of carboxylic acids is 1. The number of rotatable bonds is 11. The Balaban J connectivity index is 1.91. The Kier molecular flexibility index (Phi) is 10.6. The maximum atomic E-state index is 12.8. The Bertz CT molecular complexity index is 1350. The van der Waals surface area contributed by atoms with Crippen molar-refractivity contribution in [1.82, 2.24) is 14.9 Å². The maximum Gasteiger partial charge on any atom is 0.410 e. The van der Waals surface area contributed by atoms with Crippen molar-refractivity contribution in [3.05, 3.63) is 65.2 Å². The second-order valence-corrected chi connectivity index (χ2v) is 12.3. The zero-order chi connectivity index (χ0) is 30.3. The predicted molar refractivity (Wildman–Crippen MR) is 163 cm³/mol. The molecule has 1 heterocycles. The third kappa shape index (κ3) is 9.38. The molecule has 9 nitrogen and oxygen atoms in total. The van der Waals surface area contributed by atoms with E-state index in [9.17, 15) is 14.7 Å². The summed E-state index contributed by atoms with van der Waals surface area (Å²) in [7, 11) is 1.72. The van der Waals surface area contributed by atoms with Gasteiger partial charge in [-0.3, -0.25) is 4.72 Å². The van der Waals surface area contributed by atoms with Crippen LogP contribution in [0.15, 0.2) is 53.4 Å². The van der Waals surface area contributed by atoms with Crippen LogP contribution in [0.2, 0.25) is 0 Å². The van der Waals surface area contributed by atoms with Crippen molar-refractivity contribution < 1.29 is 24.2 Å². The minimum atomic E-state index is -0.997. The number of benzene rings is 2. The van der Waals surface area contributed by atoms with E-state index in [-0.39, 0.29) is 18.2 Å². The smallest absolute Gasteiger partial charge is 0.410 e. The number of nitrogens with one attached hydrogen (secondary N) is 1. The quantitative estimate of drug-likeness (QED) is 0.227. The van der Waals surface area contributed by atoms with Crippen LogP contribution < -0.4 is 9.46 Å². The molecule has 2 aromatic carbocycles. The van der Waals surface area contributed by atoms with E-state index >= 15 is 0 Å². The minimum Gasteiger partial charge on any atom is -0.478 e. The van der Waals surface area contributed by atoms with Gasteiger partial charge in [-0.15, -0.1) is 0 Å². The molecule has 0 aliphatic heterocycles. The lowest BCUT2D eigenvalue weighted by atomic mass is 10.00. The molecular formula is C31H40N4O5S. The zero-order valence-electron chi connectivity index (χ0n) is 25.0. The third-order valence-electron chi connectivity index (χ3n) is 6.18. The Morgan fingerprint density at radius 2 is 1.71 bits per heavy atom. The Morgan fingerprint density at radius 1 is 1.05 bits per heavy atom. The Labute approximate surface area is 246 Å². The molecular weight excluding hydrogens is 540 g/mol. The summed E-state index contributed by atoms with van der Waals surface area (Å²) in [4.78, 5) is 35.8. The first-order chi connectivity index (χ1) is 19.2. The first-order valence-electron chi connectivity index (χ1n) is 13.5. The number of anilines is 1. The van der Waals surface area contributed by atoms with Crippen LogP contribution in [0, 0.1) is 19.8 Å². The normalized spacial score (nSPS) is 12.1. The number of carboxylic acid groups (broad SMARTS) is 1. The number of carbonyl (C=O) groups excluding carboxylic acids is 1. The van der Waals surface area contributed by atoms with E-state index < -0.39 is 17.7 Å². The van der Waals surface area contributed by atoms with Crippen LogP contribution in [0.1, 0.15) is 62.5 Å². The molecule has 3 rings (SSSR count). The molecule has 0 unspecified atom stereocenters. The van der Waals surface area contributed by atoms with E-state index in [4.69, 9.17) is 14.5 Å². The van der Waals surface area contributed by atoms with Gasteiger partial charge < -0.3 is 19.5 Å². The molecule has 1 atom stereocenters. The van der Waals surface area contributed by atoms with Crippen LogP contribution in [-0.4, -0.2) is 57.3 Å². The number of amides is 1. The fraction of sp³-hybridized carbons (Fsp3) is 0.419. The number of ether oxygens (including phenoxy) is 2. The highest BCUT2D eigenvalue weighted by molar-refractivity contribution is 8.00. The van der Waals surface area contributed by atoms with Crippen molar-refractivity contribution in [3.63, 3.8) is 0 Å². The van der Waals surface area contributed by atoms with Crippen LogP contribution >= 0.6 is 11.9 Å². The lowest BCUT2D eigenvalue weighted by molar-refractivity contribution is 0.0151. The molecule has 10 heteroatoms. The summed E-state index contributed by atoms with van der Waals surface area (Å²) in [6.07, 6.45) is 0.305. The summed E-state index contributed by atoms with van der Waals surface area (Å²) in [5, 5.41) is 9.33. The average Bonchev–Trinajstić information content (AvgIpc) is 2.88. The molecule has 1 amide bonds. The third-order valence-corrected chi connectivity index (χ3v) is 6.95. The number of aromatic nitrogens is 2. The van der Waals surface area contributed by atoms with Gasteiger partial charge in [-0.25, -0.2) is 14.6 Å². The molecule has 0 fully saturated rings. The van der Waals surface area contributed by atoms with Gasteiger partial charge in [0.25, 0.3) is 0 Å². The molecule has 0 aliphatic rings. The molecule has 0 bridgehead atoms. The first-order valence-corrected chi connectivity index (χ1v) is 14.4. The predicted octanol–water partition coefficient (Wildman–Crippen LogP) is 7.24. The Morgan fingerprint density at radius 3 is 2.32 bits per heavy atom. The maximum absolute atomic E-state index is 12.8. The largest absolute Gasteiger partial charge is 0.478 e. The number of nitrogens with zero attached hydrogens (tertiary/aromatic N) is 3. The molecule has 0 radical (unpaired) electrons. The molecule has 41 heavy (non-hydrogen) atoms. The Hall–Kier alpha value is -3.79. The van der Waals surface area contributed by atoms with Crippen molar-refractivity contribution in [1.29, 1.82) is 0 Å². The molecule has 0 saturated carbocycles. The van der Waals surface area contributed by atoms with Gasteiger partial charge in [-0.05, 0) is 88.2 Å². The summed E-state index contributed by atoms with van der Waals surface area (Å²) in [6, 6.07) is 14.2. The molecule has 2 N–H and O–H groups in total. The van der Waals surface area contributed by atoms with Crippen LogP contribution in [-0.2, 0) is 4.74 Å². The van der Waals surface area contributed by atoms with Crippen LogP contribution in [0.5, 0.6) is 5.88 Å². The van der Waals surface area contributed by atoms with E-state index in [1.165, 1.54) is 18.0 Å². The van der Waals surface area contributed by atoms with Gasteiger partial charge in [0.05, 0.1) is 17.3 Å². The SMILES string of the molecule is Cc1cccc(C)c1-c1cc(OC[C@@H](CC(C)C)N(C)C(=O)OC(C)(C)C)nc(NSc2cccc(C(=O)O)c2)n1. The van der Waals surface area contributed by atoms with E-state index in [1.54, 1.807) is 36.2 Å². The summed E-state index contributed by atoms with van der Waals surface area (Å²) < 4.78 is 15.0. The van der Waals surface area contributed by atoms with Gasteiger partial charge in [0, 0.05) is 23.6 Å². The van der Waals surface area contributed by atoms with Gasteiger partial charge in [0.2, 0.25) is 11.8 Å². The summed E-state index contributed by atoms with van der Waals surface area (Å²) in [5.41, 5.74) is 3.37. The molecule has 0 aliphatic carbocycles. The molecule has 0 spiro atoms. The van der Waals surface area contributed by atoms with Crippen LogP contribution in [0.25, 0.3) is 11.3 Å². The van der Waals surface area contributed by atoms with E-state index in [0.29, 0.717) is 34.8 Å². The molecule has 0 saturated heterocycles. The van der Waals surface area contributed by atoms with Gasteiger partial charge in [0.15, 0.2) is 0 Å². The van der Waals surface area contributed by atoms with Gasteiger partial charge in [-0.1, -0.05) is 38.1 Å².